The number of carbonyl (C=O) groups excluding carboxylic acids is 1. The van der Waals surface area contributed by atoms with Crippen LogP contribution < -0.4 is 5.32 Å². The van der Waals surface area contributed by atoms with Crippen LogP contribution in [0.15, 0.2) is 24.3 Å². The molecule has 0 spiro atoms. The topological polar surface area (TPSA) is 38.3 Å². The highest BCUT2D eigenvalue weighted by atomic mass is 16.5. The minimum atomic E-state index is -0.181. The molecule has 3 nitrogen and oxygen atoms in total. The highest BCUT2D eigenvalue weighted by Crippen LogP contribution is 2.22. The smallest absolute Gasteiger partial charge is 0.322 e. The van der Waals surface area contributed by atoms with E-state index in [1.165, 1.54) is 18.2 Å². The van der Waals surface area contributed by atoms with E-state index in [1.807, 2.05) is 6.92 Å². The summed E-state index contributed by atoms with van der Waals surface area (Å²) in [7, 11) is 1.44. The Morgan fingerprint density at radius 2 is 2.00 bits per heavy atom. The van der Waals surface area contributed by atoms with E-state index < -0.39 is 0 Å². The molecule has 0 aromatic heterocycles. The lowest BCUT2D eigenvalue weighted by atomic mass is 10.1. The van der Waals surface area contributed by atoms with Gasteiger partial charge in [0.1, 0.15) is 6.04 Å². The van der Waals surface area contributed by atoms with E-state index in [9.17, 15) is 4.79 Å². The quantitative estimate of drug-likeness (QED) is 0.804. The zero-order chi connectivity index (χ0) is 12.3. The number of benzene rings is 1. The monoisotopic (exact) mass is 233 g/mol. The number of rotatable bonds is 4. The molecular formula is C14H19NO2. The molecule has 1 aromatic carbocycles. The Bertz CT molecular complexity index is 378. The fraction of sp³-hybridized carbons (Fsp3) is 0.500. The van der Waals surface area contributed by atoms with Gasteiger partial charge in [-0.2, -0.15) is 0 Å². The molecule has 92 valence electrons. The first-order chi connectivity index (χ1) is 8.24. The number of ether oxygens (including phenoxy) is 1. The molecule has 0 amide bonds. The highest BCUT2D eigenvalue weighted by molar-refractivity contribution is 5.75. The van der Waals surface area contributed by atoms with Crippen molar-refractivity contribution < 1.29 is 9.53 Å². The molecule has 1 unspecified atom stereocenters. The predicted octanol–water partition coefficient (Wildman–Crippen LogP) is 1.69. The maximum absolute atomic E-state index is 11.5. The van der Waals surface area contributed by atoms with Crippen molar-refractivity contribution in [3.05, 3.63) is 35.4 Å². The first-order valence-electron chi connectivity index (χ1n) is 6.15. The van der Waals surface area contributed by atoms with E-state index in [1.54, 1.807) is 0 Å². The summed E-state index contributed by atoms with van der Waals surface area (Å²) < 4.78 is 4.79. The van der Waals surface area contributed by atoms with Crippen molar-refractivity contribution in [3.8, 4) is 0 Å². The van der Waals surface area contributed by atoms with Crippen molar-refractivity contribution in [1.29, 1.82) is 0 Å². The largest absolute Gasteiger partial charge is 0.468 e. The number of esters is 1. The first kappa shape index (κ1) is 12.1. The van der Waals surface area contributed by atoms with Gasteiger partial charge in [0.15, 0.2) is 0 Å². The van der Waals surface area contributed by atoms with E-state index in [2.05, 4.69) is 29.6 Å². The standard InChI is InChI=1S/C14H19NO2/c1-3-13(14(16)17-2)15-12-8-10-6-4-5-7-11(10)9-12/h4-7,12-13,15H,3,8-9H2,1-2H3. The lowest BCUT2D eigenvalue weighted by molar-refractivity contribution is -0.143. The number of carbonyl (C=O) groups is 1. The van der Waals surface area contributed by atoms with Gasteiger partial charge in [0.2, 0.25) is 0 Å². The van der Waals surface area contributed by atoms with Gasteiger partial charge in [0.25, 0.3) is 0 Å². The van der Waals surface area contributed by atoms with Crippen LogP contribution in [0.1, 0.15) is 24.5 Å². The molecule has 1 aliphatic rings. The minimum Gasteiger partial charge on any atom is -0.468 e. The van der Waals surface area contributed by atoms with Gasteiger partial charge in [0, 0.05) is 6.04 Å². The molecule has 0 radical (unpaired) electrons. The molecule has 0 aliphatic heterocycles. The average Bonchev–Trinajstić information content (AvgIpc) is 2.77. The van der Waals surface area contributed by atoms with Crippen molar-refractivity contribution in [2.75, 3.05) is 7.11 Å². The van der Waals surface area contributed by atoms with Crippen molar-refractivity contribution >= 4 is 5.97 Å². The van der Waals surface area contributed by atoms with Crippen LogP contribution in [0, 0.1) is 0 Å². The second-order valence-electron chi connectivity index (χ2n) is 4.52. The number of nitrogens with one attached hydrogen (secondary N) is 1. The third-order valence-corrected chi connectivity index (χ3v) is 3.38. The Kier molecular flexibility index (Phi) is 3.79. The molecule has 0 heterocycles. The fourth-order valence-electron chi connectivity index (χ4n) is 2.46. The summed E-state index contributed by atoms with van der Waals surface area (Å²) in [5.41, 5.74) is 2.79. The summed E-state index contributed by atoms with van der Waals surface area (Å²) in [6.45, 7) is 2.00. The van der Waals surface area contributed by atoms with Crippen LogP contribution in [-0.4, -0.2) is 25.2 Å². The molecule has 17 heavy (non-hydrogen) atoms. The van der Waals surface area contributed by atoms with Gasteiger partial charge in [0.05, 0.1) is 7.11 Å². The lowest BCUT2D eigenvalue weighted by Crippen LogP contribution is -2.44. The van der Waals surface area contributed by atoms with Crippen LogP contribution in [0.25, 0.3) is 0 Å². The van der Waals surface area contributed by atoms with Crippen LogP contribution in [0.5, 0.6) is 0 Å². The molecular weight excluding hydrogens is 214 g/mol. The van der Waals surface area contributed by atoms with Crippen LogP contribution in [0.4, 0.5) is 0 Å². The maximum atomic E-state index is 11.5. The average molecular weight is 233 g/mol. The number of hydrogen-bond acceptors (Lipinski definition) is 3. The maximum Gasteiger partial charge on any atom is 0.322 e. The third-order valence-electron chi connectivity index (χ3n) is 3.38. The van der Waals surface area contributed by atoms with Gasteiger partial charge in [-0.3, -0.25) is 4.79 Å². The summed E-state index contributed by atoms with van der Waals surface area (Å²) in [6.07, 6.45) is 2.77. The minimum absolute atomic E-state index is 0.163. The predicted molar refractivity (Wildman–Crippen MR) is 66.9 cm³/mol. The molecule has 1 aromatic rings. The summed E-state index contributed by atoms with van der Waals surface area (Å²) in [5, 5.41) is 3.39. The Hall–Kier alpha value is -1.35. The summed E-state index contributed by atoms with van der Waals surface area (Å²) in [6, 6.07) is 8.64. The molecule has 2 rings (SSSR count). The Morgan fingerprint density at radius 1 is 1.41 bits per heavy atom. The molecule has 3 heteroatoms. The van der Waals surface area contributed by atoms with Crippen molar-refractivity contribution in [2.24, 2.45) is 0 Å². The SMILES string of the molecule is CCC(NC1Cc2ccccc2C1)C(=O)OC. The van der Waals surface area contributed by atoms with E-state index in [-0.39, 0.29) is 12.0 Å². The number of methoxy groups -OCH3 is 1. The summed E-state index contributed by atoms with van der Waals surface area (Å²) >= 11 is 0. The summed E-state index contributed by atoms with van der Waals surface area (Å²) in [5.74, 6) is -0.163. The zero-order valence-electron chi connectivity index (χ0n) is 10.4. The van der Waals surface area contributed by atoms with E-state index in [0.717, 1.165) is 19.3 Å². The third kappa shape index (κ3) is 2.67. The Morgan fingerprint density at radius 3 is 2.47 bits per heavy atom. The zero-order valence-corrected chi connectivity index (χ0v) is 10.4. The molecule has 0 saturated carbocycles. The van der Waals surface area contributed by atoms with E-state index >= 15 is 0 Å². The molecule has 1 atom stereocenters. The fourth-order valence-corrected chi connectivity index (χ4v) is 2.46. The molecule has 1 aliphatic carbocycles. The van der Waals surface area contributed by atoms with Crippen LogP contribution in [-0.2, 0) is 22.4 Å². The molecule has 0 saturated heterocycles. The summed E-state index contributed by atoms with van der Waals surface area (Å²) in [4.78, 5) is 11.5. The van der Waals surface area contributed by atoms with Crippen molar-refractivity contribution in [2.45, 2.75) is 38.3 Å². The second kappa shape index (κ2) is 5.32. The van der Waals surface area contributed by atoms with Crippen LogP contribution in [0.2, 0.25) is 0 Å². The Balaban J connectivity index is 1.97. The first-order valence-corrected chi connectivity index (χ1v) is 6.15. The normalized spacial score (nSPS) is 16.6. The number of hydrogen-bond donors (Lipinski definition) is 1. The van der Waals surface area contributed by atoms with Gasteiger partial charge in [-0.05, 0) is 30.4 Å². The van der Waals surface area contributed by atoms with Crippen molar-refractivity contribution in [1.82, 2.24) is 5.32 Å². The van der Waals surface area contributed by atoms with Crippen LogP contribution >= 0.6 is 0 Å². The lowest BCUT2D eigenvalue weighted by Gasteiger charge is -2.19. The van der Waals surface area contributed by atoms with Gasteiger partial charge < -0.3 is 10.1 Å². The number of fused-ring (bicyclic) bond motifs is 1. The molecule has 0 fully saturated rings. The van der Waals surface area contributed by atoms with Gasteiger partial charge in [-0.25, -0.2) is 0 Å². The molecule has 1 N–H and O–H groups in total. The van der Waals surface area contributed by atoms with E-state index in [0.29, 0.717) is 6.04 Å². The Labute approximate surface area is 102 Å². The van der Waals surface area contributed by atoms with E-state index in [4.69, 9.17) is 4.74 Å². The van der Waals surface area contributed by atoms with Gasteiger partial charge in [-0.1, -0.05) is 31.2 Å². The second-order valence-corrected chi connectivity index (χ2v) is 4.52. The van der Waals surface area contributed by atoms with Gasteiger partial charge in [-0.15, -0.1) is 0 Å². The van der Waals surface area contributed by atoms with Crippen LogP contribution in [0.3, 0.4) is 0 Å². The highest BCUT2D eigenvalue weighted by Gasteiger charge is 2.26. The van der Waals surface area contributed by atoms with Gasteiger partial charge >= 0.3 is 5.97 Å². The van der Waals surface area contributed by atoms with Crippen molar-refractivity contribution in [3.63, 3.8) is 0 Å². The molecule has 0 bridgehead atoms.